The molecule has 6 heteroatoms. The second-order valence-electron chi connectivity index (χ2n) is 7.79. The number of nitrogens with zero attached hydrogens (tertiary/aromatic N) is 2. The van der Waals surface area contributed by atoms with E-state index in [2.05, 4.69) is 39.9 Å². The lowest BCUT2D eigenvalue weighted by Crippen LogP contribution is -2.54. The molecule has 3 aromatic rings. The van der Waals surface area contributed by atoms with Crippen molar-refractivity contribution < 1.29 is 9.59 Å². The summed E-state index contributed by atoms with van der Waals surface area (Å²) in [6, 6.07) is 16.1. The number of pyridine rings is 1. The maximum absolute atomic E-state index is 13.1. The lowest BCUT2D eigenvalue weighted by molar-refractivity contribution is -0.133. The minimum absolute atomic E-state index is 0.00675. The summed E-state index contributed by atoms with van der Waals surface area (Å²) >= 11 is 1.70. The zero-order valence-electron chi connectivity index (χ0n) is 17.0. The fraction of sp³-hybridized carbons (Fsp3) is 0.292. The van der Waals surface area contributed by atoms with Crippen molar-refractivity contribution >= 4 is 23.2 Å². The largest absolute Gasteiger partial charge is 0.359 e. The van der Waals surface area contributed by atoms with E-state index in [1.807, 2.05) is 12.1 Å². The molecule has 2 aromatic heterocycles. The van der Waals surface area contributed by atoms with E-state index in [4.69, 9.17) is 0 Å². The summed E-state index contributed by atoms with van der Waals surface area (Å²) in [5.74, 6) is -0.0730. The topological polar surface area (TPSA) is 62.3 Å². The number of likely N-dealkylation sites (tertiary alicyclic amines) is 1. The Kier molecular flexibility index (Phi) is 5.95. The molecule has 0 bridgehead atoms. The molecule has 0 unspecified atom stereocenters. The van der Waals surface area contributed by atoms with Gasteiger partial charge < -0.3 is 10.2 Å². The molecule has 2 amide bonds. The van der Waals surface area contributed by atoms with Gasteiger partial charge in [-0.2, -0.15) is 0 Å². The van der Waals surface area contributed by atoms with Crippen LogP contribution >= 0.6 is 11.3 Å². The SMILES string of the molecule is CNC(=O)[C@@]1(Cc2cccc(-c3cccs3)c2)CCCN(C(=O)c2cccnc2)C1. The number of carbonyl (C=O) groups is 2. The zero-order valence-corrected chi connectivity index (χ0v) is 17.8. The number of nitrogens with one attached hydrogen (secondary N) is 1. The molecule has 30 heavy (non-hydrogen) atoms. The number of aromatic nitrogens is 1. The van der Waals surface area contributed by atoms with Gasteiger partial charge in [-0.25, -0.2) is 0 Å². The number of hydrogen-bond donors (Lipinski definition) is 1. The fourth-order valence-corrected chi connectivity index (χ4v) is 5.04. The maximum Gasteiger partial charge on any atom is 0.255 e. The first kappa shape index (κ1) is 20.3. The van der Waals surface area contributed by atoms with Crippen LogP contribution in [0, 0.1) is 5.41 Å². The predicted molar refractivity (Wildman–Crippen MR) is 119 cm³/mol. The van der Waals surface area contributed by atoms with Gasteiger partial charge in [-0.05, 0) is 54.0 Å². The molecule has 0 aliphatic carbocycles. The van der Waals surface area contributed by atoms with Gasteiger partial charge in [0.05, 0.1) is 11.0 Å². The quantitative estimate of drug-likeness (QED) is 0.679. The summed E-state index contributed by atoms with van der Waals surface area (Å²) in [5, 5.41) is 4.92. The fourth-order valence-electron chi connectivity index (χ4n) is 4.32. The van der Waals surface area contributed by atoms with Gasteiger partial charge in [-0.3, -0.25) is 14.6 Å². The third-order valence-corrected chi connectivity index (χ3v) is 6.68. The van der Waals surface area contributed by atoms with E-state index in [1.54, 1.807) is 47.8 Å². The molecule has 5 nitrogen and oxygen atoms in total. The Morgan fingerprint density at radius 3 is 2.83 bits per heavy atom. The van der Waals surface area contributed by atoms with Crippen LogP contribution in [0.5, 0.6) is 0 Å². The Balaban J connectivity index is 1.61. The van der Waals surface area contributed by atoms with Crippen molar-refractivity contribution in [2.45, 2.75) is 19.3 Å². The van der Waals surface area contributed by atoms with Crippen molar-refractivity contribution in [3.8, 4) is 10.4 Å². The minimum atomic E-state index is -0.640. The molecule has 1 fully saturated rings. The van der Waals surface area contributed by atoms with Crippen molar-refractivity contribution in [3.05, 3.63) is 77.4 Å². The molecule has 3 heterocycles. The Hall–Kier alpha value is -2.99. The second kappa shape index (κ2) is 8.79. The summed E-state index contributed by atoms with van der Waals surface area (Å²) in [4.78, 5) is 33.1. The van der Waals surface area contributed by atoms with E-state index < -0.39 is 5.41 Å². The van der Waals surface area contributed by atoms with Crippen LogP contribution in [-0.4, -0.2) is 41.8 Å². The average molecular weight is 420 g/mol. The minimum Gasteiger partial charge on any atom is -0.359 e. The number of amides is 2. The normalized spacial score (nSPS) is 18.8. The van der Waals surface area contributed by atoms with Crippen LogP contribution < -0.4 is 5.32 Å². The molecule has 1 aromatic carbocycles. The Morgan fingerprint density at radius 1 is 1.20 bits per heavy atom. The highest BCUT2D eigenvalue weighted by atomic mass is 32.1. The molecule has 1 aliphatic rings. The molecule has 1 aliphatic heterocycles. The van der Waals surface area contributed by atoms with Crippen molar-refractivity contribution in [1.29, 1.82) is 0 Å². The van der Waals surface area contributed by atoms with Crippen LogP contribution in [0.2, 0.25) is 0 Å². The Bertz CT molecular complexity index is 1020. The van der Waals surface area contributed by atoms with Gasteiger partial charge in [0.15, 0.2) is 0 Å². The van der Waals surface area contributed by atoms with Gasteiger partial charge >= 0.3 is 0 Å². The molecular weight excluding hydrogens is 394 g/mol. The first-order valence-electron chi connectivity index (χ1n) is 10.2. The van der Waals surface area contributed by atoms with E-state index in [0.29, 0.717) is 25.1 Å². The highest BCUT2D eigenvalue weighted by Crippen LogP contribution is 2.36. The first-order valence-corrected chi connectivity index (χ1v) is 11.0. The van der Waals surface area contributed by atoms with Crippen molar-refractivity contribution in [2.24, 2.45) is 5.41 Å². The number of benzene rings is 1. The van der Waals surface area contributed by atoms with Crippen LogP contribution in [0.3, 0.4) is 0 Å². The summed E-state index contributed by atoms with van der Waals surface area (Å²) in [7, 11) is 1.67. The number of piperidine rings is 1. The highest BCUT2D eigenvalue weighted by Gasteiger charge is 2.43. The van der Waals surface area contributed by atoms with Crippen molar-refractivity contribution in [2.75, 3.05) is 20.1 Å². The lowest BCUT2D eigenvalue weighted by Gasteiger charge is -2.41. The molecule has 1 atom stereocenters. The molecule has 154 valence electrons. The van der Waals surface area contributed by atoms with Gasteiger partial charge in [0, 0.05) is 37.4 Å². The molecule has 0 radical (unpaired) electrons. The van der Waals surface area contributed by atoms with Crippen LogP contribution in [0.15, 0.2) is 66.3 Å². The van der Waals surface area contributed by atoms with Gasteiger partial charge in [0.25, 0.3) is 5.91 Å². The average Bonchev–Trinajstić information content (AvgIpc) is 3.34. The third kappa shape index (κ3) is 4.14. The van der Waals surface area contributed by atoms with E-state index in [1.165, 1.54) is 4.88 Å². The van der Waals surface area contributed by atoms with Gasteiger partial charge in [0.1, 0.15) is 0 Å². The maximum atomic E-state index is 13.1. The number of thiophene rings is 1. The molecule has 0 spiro atoms. The Labute approximate surface area is 180 Å². The van der Waals surface area contributed by atoms with Crippen LogP contribution in [0.1, 0.15) is 28.8 Å². The standard InChI is InChI=1S/C24H25N3O2S/c1-25-23(29)24(15-18-6-2-7-19(14-18)21-9-4-13-30-21)10-5-12-27(17-24)22(28)20-8-3-11-26-16-20/h2-4,6-9,11,13-14,16H,5,10,12,15,17H2,1H3,(H,25,29)/t24-/m1/s1. The van der Waals surface area contributed by atoms with Gasteiger partial charge in [-0.1, -0.05) is 30.3 Å². The first-order chi connectivity index (χ1) is 14.6. The van der Waals surface area contributed by atoms with E-state index in [9.17, 15) is 9.59 Å². The monoisotopic (exact) mass is 419 g/mol. The van der Waals surface area contributed by atoms with E-state index in [-0.39, 0.29) is 11.8 Å². The molecule has 0 saturated carbocycles. The second-order valence-corrected chi connectivity index (χ2v) is 8.73. The molecule has 1 saturated heterocycles. The van der Waals surface area contributed by atoms with Crippen LogP contribution in [0.4, 0.5) is 0 Å². The van der Waals surface area contributed by atoms with Gasteiger partial charge in [-0.15, -0.1) is 11.3 Å². The number of rotatable bonds is 5. The molecule has 1 N–H and O–H groups in total. The van der Waals surface area contributed by atoms with E-state index >= 15 is 0 Å². The predicted octanol–water partition coefficient (Wildman–Crippen LogP) is 4.02. The van der Waals surface area contributed by atoms with Crippen LogP contribution in [-0.2, 0) is 11.2 Å². The zero-order chi connectivity index (χ0) is 21.0. The molecule has 4 rings (SSSR count). The van der Waals surface area contributed by atoms with Gasteiger partial charge in [0.2, 0.25) is 5.91 Å². The summed E-state index contributed by atoms with van der Waals surface area (Å²) in [6.45, 7) is 1.06. The van der Waals surface area contributed by atoms with Crippen molar-refractivity contribution in [1.82, 2.24) is 15.2 Å². The lowest BCUT2D eigenvalue weighted by atomic mass is 9.74. The van der Waals surface area contributed by atoms with Crippen molar-refractivity contribution in [3.63, 3.8) is 0 Å². The summed E-state index contributed by atoms with van der Waals surface area (Å²) < 4.78 is 0. The number of hydrogen-bond acceptors (Lipinski definition) is 4. The molecular formula is C24H25N3O2S. The van der Waals surface area contributed by atoms with E-state index in [0.717, 1.165) is 24.0 Å². The Morgan fingerprint density at radius 2 is 2.10 bits per heavy atom. The summed E-state index contributed by atoms with van der Waals surface area (Å²) in [5.41, 5.74) is 2.19. The highest BCUT2D eigenvalue weighted by molar-refractivity contribution is 7.13. The summed E-state index contributed by atoms with van der Waals surface area (Å²) in [6.07, 6.45) is 5.39. The van der Waals surface area contributed by atoms with Crippen LogP contribution in [0.25, 0.3) is 10.4 Å². The number of carbonyl (C=O) groups excluding carboxylic acids is 2. The third-order valence-electron chi connectivity index (χ3n) is 5.76. The smallest absolute Gasteiger partial charge is 0.255 e.